The third kappa shape index (κ3) is 4.00. The summed E-state index contributed by atoms with van der Waals surface area (Å²) >= 11 is 0. The number of rotatable bonds is 6. The van der Waals surface area contributed by atoms with Crippen LogP contribution in [-0.4, -0.2) is 18.0 Å². The zero-order valence-corrected chi connectivity index (χ0v) is 14.1. The van der Waals surface area contributed by atoms with Crippen molar-refractivity contribution in [1.82, 2.24) is 4.90 Å². The first-order valence-corrected chi connectivity index (χ1v) is 8.76. The van der Waals surface area contributed by atoms with E-state index in [1.54, 1.807) is 0 Å². The maximum absolute atomic E-state index is 6.10. The van der Waals surface area contributed by atoms with Gasteiger partial charge in [0.1, 0.15) is 0 Å². The quantitative estimate of drug-likeness (QED) is 0.752. The number of hydrogen-bond donors (Lipinski definition) is 1. The van der Waals surface area contributed by atoms with Gasteiger partial charge in [0.05, 0.1) is 0 Å². The monoisotopic (exact) mass is 288 g/mol. The molecule has 0 amide bonds. The fourth-order valence-electron chi connectivity index (χ4n) is 3.75. The van der Waals surface area contributed by atoms with Crippen LogP contribution in [0.3, 0.4) is 0 Å². The average Bonchev–Trinajstić information content (AvgIpc) is 2.51. The zero-order chi connectivity index (χ0) is 15.2. The van der Waals surface area contributed by atoms with E-state index in [2.05, 4.69) is 37.8 Å². The molecule has 118 valence electrons. The van der Waals surface area contributed by atoms with Gasteiger partial charge >= 0.3 is 0 Å². The van der Waals surface area contributed by atoms with Crippen molar-refractivity contribution in [2.24, 2.45) is 5.92 Å². The molecule has 0 aliphatic carbocycles. The Bertz CT molecular complexity index is 433. The SMILES string of the molecule is CCCCC1CCN(C(CC)c2cccc(N)c2C)CC1. The first-order chi connectivity index (χ1) is 10.2. The standard InChI is InChI=1S/C19H32N2/c1-4-6-8-16-11-13-21(14-12-16)19(5-2)17-9-7-10-18(20)15(17)3/h7,9-10,16,19H,4-6,8,11-14,20H2,1-3H3. The molecule has 1 heterocycles. The van der Waals surface area contributed by atoms with Crippen LogP contribution in [0, 0.1) is 12.8 Å². The van der Waals surface area contributed by atoms with Crippen LogP contribution in [0.2, 0.25) is 0 Å². The Kier molecular flexibility index (Phi) is 6.10. The lowest BCUT2D eigenvalue weighted by Gasteiger charge is -2.38. The molecule has 2 rings (SSSR count). The molecule has 1 aromatic rings. The van der Waals surface area contributed by atoms with Gasteiger partial charge in [0, 0.05) is 11.7 Å². The second kappa shape index (κ2) is 7.84. The first kappa shape index (κ1) is 16.4. The van der Waals surface area contributed by atoms with Gasteiger partial charge < -0.3 is 5.73 Å². The van der Waals surface area contributed by atoms with Crippen molar-refractivity contribution in [2.75, 3.05) is 18.8 Å². The summed E-state index contributed by atoms with van der Waals surface area (Å²) in [6, 6.07) is 6.93. The summed E-state index contributed by atoms with van der Waals surface area (Å²) in [4.78, 5) is 2.68. The molecule has 1 aliphatic heterocycles. The third-order valence-corrected chi connectivity index (χ3v) is 5.22. The van der Waals surface area contributed by atoms with Crippen molar-refractivity contribution in [3.8, 4) is 0 Å². The average molecular weight is 288 g/mol. The molecular weight excluding hydrogens is 256 g/mol. The molecule has 0 radical (unpaired) electrons. The van der Waals surface area contributed by atoms with E-state index in [1.165, 1.54) is 62.7 Å². The Hall–Kier alpha value is -1.02. The lowest BCUT2D eigenvalue weighted by Crippen LogP contribution is -2.37. The number of nitrogens with zero attached hydrogens (tertiary/aromatic N) is 1. The Morgan fingerprint density at radius 3 is 2.57 bits per heavy atom. The molecule has 1 fully saturated rings. The molecule has 1 atom stereocenters. The van der Waals surface area contributed by atoms with Crippen molar-refractivity contribution in [2.45, 2.75) is 65.3 Å². The van der Waals surface area contributed by atoms with Gasteiger partial charge in [0.2, 0.25) is 0 Å². The summed E-state index contributed by atoms with van der Waals surface area (Å²) in [6.07, 6.45) is 8.08. The summed E-state index contributed by atoms with van der Waals surface area (Å²) in [5.74, 6) is 0.959. The molecule has 1 saturated heterocycles. The number of anilines is 1. The van der Waals surface area contributed by atoms with E-state index in [-0.39, 0.29) is 0 Å². The van der Waals surface area contributed by atoms with Gasteiger partial charge in [-0.3, -0.25) is 4.90 Å². The minimum absolute atomic E-state index is 0.542. The fourth-order valence-corrected chi connectivity index (χ4v) is 3.75. The number of benzene rings is 1. The summed E-state index contributed by atoms with van der Waals surface area (Å²) in [7, 11) is 0. The van der Waals surface area contributed by atoms with Crippen molar-refractivity contribution in [1.29, 1.82) is 0 Å². The van der Waals surface area contributed by atoms with Gasteiger partial charge in [-0.2, -0.15) is 0 Å². The van der Waals surface area contributed by atoms with Crippen LogP contribution in [0.4, 0.5) is 5.69 Å². The highest BCUT2D eigenvalue weighted by Gasteiger charge is 2.25. The smallest absolute Gasteiger partial charge is 0.0348 e. The number of nitrogens with two attached hydrogens (primary N) is 1. The van der Waals surface area contributed by atoms with Crippen LogP contribution in [-0.2, 0) is 0 Å². The summed E-state index contributed by atoms with van der Waals surface area (Å²) < 4.78 is 0. The topological polar surface area (TPSA) is 29.3 Å². The van der Waals surface area contributed by atoms with Crippen LogP contribution >= 0.6 is 0 Å². The van der Waals surface area contributed by atoms with E-state index in [9.17, 15) is 0 Å². The molecule has 1 aromatic carbocycles. The van der Waals surface area contributed by atoms with Crippen LogP contribution in [0.25, 0.3) is 0 Å². The van der Waals surface area contributed by atoms with Gasteiger partial charge in [0.25, 0.3) is 0 Å². The number of hydrogen-bond acceptors (Lipinski definition) is 2. The number of unbranched alkanes of at least 4 members (excludes halogenated alkanes) is 1. The minimum Gasteiger partial charge on any atom is -0.399 e. The molecule has 0 aromatic heterocycles. The molecule has 2 N–H and O–H groups in total. The van der Waals surface area contributed by atoms with Crippen LogP contribution in [0.1, 0.15) is 69.5 Å². The zero-order valence-electron chi connectivity index (χ0n) is 14.1. The molecule has 0 spiro atoms. The largest absolute Gasteiger partial charge is 0.399 e. The fraction of sp³-hybridized carbons (Fsp3) is 0.684. The molecule has 2 nitrogen and oxygen atoms in total. The van der Waals surface area contributed by atoms with Crippen molar-refractivity contribution in [3.63, 3.8) is 0 Å². The molecular formula is C19H32N2. The van der Waals surface area contributed by atoms with Gasteiger partial charge in [-0.1, -0.05) is 45.2 Å². The summed E-state index contributed by atoms with van der Waals surface area (Å²) in [5, 5.41) is 0. The lowest BCUT2D eigenvalue weighted by atomic mass is 9.89. The Balaban J connectivity index is 2.01. The maximum atomic E-state index is 6.10. The Labute approximate surface area is 130 Å². The van der Waals surface area contributed by atoms with E-state index in [1.807, 2.05) is 6.07 Å². The van der Waals surface area contributed by atoms with Crippen molar-refractivity contribution < 1.29 is 0 Å². The third-order valence-electron chi connectivity index (χ3n) is 5.22. The van der Waals surface area contributed by atoms with Crippen LogP contribution in [0.15, 0.2) is 18.2 Å². The minimum atomic E-state index is 0.542. The van der Waals surface area contributed by atoms with Gasteiger partial charge in [0.15, 0.2) is 0 Å². The number of nitrogen functional groups attached to an aromatic ring is 1. The lowest BCUT2D eigenvalue weighted by molar-refractivity contribution is 0.124. The highest BCUT2D eigenvalue weighted by Crippen LogP contribution is 2.33. The van der Waals surface area contributed by atoms with Gasteiger partial charge in [-0.15, -0.1) is 0 Å². The number of piperidine rings is 1. The second-order valence-electron chi connectivity index (χ2n) is 6.61. The predicted molar refractivity (Wildman–Crippen MR) is 92.4 cm³/mol. The molecule has 21 heavy (non-hydrogen) atoms. The second-order valence-corrected chi connectivity index (χ2v) is 6.61. The van der Waals surface area contributed by atoms with E-state index >= 15 is 0 Å². The van der Waals surface area contributed by atoms with Gasteiger partial charge in [-0.05, 0) is 62.4 Å². The van der Waals surface area contributed by atoms with E-state index in [0.717, 1.165) is 11.6 Å². The van der Waals surface area contributed by atoms with Crippen molar-refractivity contribution in [3.05, 3.63) is 29.3 Å². The molecule has 0 saturated carbocycles. The van der Waals surface area contributed by atoms with E-state index in [4.69, 9.17) is 5.73 Å². The first-order valence-electron chi connectivity index (χ1n) is 8.76. The molecule has 1 unspecified atom stereocenters. The molecule has 2 heteroatoms. The summed E-state index contributed by atoms with van der Waals surface area (Å²) in [6.45, 7) is 9.27. The highest BCUT2D eigenvalue weighted by molar-refractivity contribution is 5.51. The van der Waals surface area contributed by atoms with E-state index in [0.29, 0.717) is 6.04 Å². The van der Waals surface area contributed by atoms with Crippen LogP contribution in [0.5, 0.6) is 0 Å². The highest BCUT2D eigenvalue weighted by atomic mass is 15.2. The molecule has 0 bridgehead atoms. The van der Waals surface area contributed by atoms with Crippen molar-refractivity contribution >= 4 is 5.69 Å². The van der Waals surface area contributed by atoms with Gasteiger partial charge in [-0.25, -0.2) is 0 Å². The van der Waals surface area contributed by atoms with Crippen LogP contribution < -0.4 is 5.73 Å². The predicted octanol–water partition coefficient (Wildman–Crippen LogP) is 4.93. The normalized spacial score (nSPS) is 18.8. The summed E-state index contributed by atoms with van der Waals surface area (Å²) in [5.41, 5.74) is 9.75. The Morgan fingerprint density at radius 1 is 1.24 bits per heavy atom. The number of likely N-dealkylation sites (tertiary alicyclic amines) is 1. The van der Waals surface area contributed by atoms with E-state index < -0.39 is 0 Å². The molecule has 1 aliphatic rings. The maximum Gasteiger partial charge on any atom is 0.0348 e. The Morgan fingerprint density at radius 2 is 1.95 bits per heavy atom.